The fourth-order valence-electron chi connectivity index (χ4n) is 2.76. The van der Waals surface area contributed by atoms with E-state index in [1.807, 2.05) is 6.92 Å². The van der Waals surface area contributed by atoms with Crippen LogP contribution in [0.3, 0.4) is 0 Å². The molecule has 0 fully saturated rings. The van der Waals surface area contributed by atoms with Crippen LogP contribution < -0.4 is 15.4 Å². The summed E-state index contributed by atoms with van der Waals surface area (Å²) >= 11 is 0. The molecule has 28 heavy (non-hydrogen) atoms. The van der Waals surface area contributed by atoms with Crippen LogP contribution in [0.5, 0.6) is 5.75 Å². The van der Waals surface area contributed by atoms with Gasteiger partial charge < -0.3 is 20.5 Å². The van der Waals surface area contributed by atoms with Crippen molar-refractivity contribution in [3.63, 3.8) is 0 Å². The molecular weight excluding hydrogens is 371 g/mol. The number of alkyl halides is 3. The Balaban J connectivity index is 2.60. The van der Waals surface area contributed by atoms with E-state index >= 15 is 0 Å². The number of guanidine groups is 1. The van der Waals surface area contributed by atoms with Gasteiger partial charge in [-0.2, -0.15) is 13.2 Å². The van der Waals surface area contributed by atoms with Gasteiger partial charge in [0.25, 0.3) is 0 Å². The number of rotatable bonds is 11. The minimum Gasteiger partial charge on any atom is -0.484 e. The number of aliphatic imine (C=N–C) groups is 1. The first-order valence-corrected chi connectivity index (χ1v) is 9.65. The Labute approximate surface area is 165 Å². The zero-order chi connectivity index (χ0) is 21.0. The second-order valence-corrected chi connectivity index (χ2v) is 7.13. The molecule has 0 radical (unpaired) electrons. The number of nitrogens with zero attached hydrogens (tertiary/aromatic N) is 1. The molecule has 0 bridgehead atoms. The Kier molecular flexibility index (Phi) is 10.7. The van der Waals surface area contributed by atoms with Gasteiger partial charge in [-0.15, -0.1) is 0 Å². The molecule has 1 unspecified atom stereocenters. The minimum atomic E-state index is -4.35. The lowest BCUT2D eigenvalue weighted by Gasteiger charge is -2.20. The van der Waals surface area contributed by atoms with Gasteiger partial charge in [-0.25, -0.2) is 4.99 Å². The van der Waals surface area contributed by atoms with Crippen molar-refractivity contribution in [2.75, 3.05) is 26.3 Å². The van der Waals surface area contributed by atoms with Gasteiger partial charge in [0, 0.05) is 19.7 Å². The number of aliphatic hydroxyl groups excluding tert-OH is 1. The Hall–Kier alpha value is -1.96. The number of nitrogens with one attached hydrogen (secondary N) is 2. The number of halogens is 3. The third-order valence-corrected chi connectivity index (χ3v) is 3.99. The smallest absolute Gasteiger partial charge is 0.422 e. The molecule has 3 N–H and O–H groups in total. The van der Waals surface area contributed by atoms with Crippen LogP contribution in [0.4, 0.5) is 13.2 Å². The molecule has 0 heterocycles. The van der Waals surface area contributed by atoms with Crippen molar-refractivity contribution < 1.29 is 23.0 Å². The van der Waals surface area contributed by atoms with Gasteiger partial charge in [0.1, 0.15) is 5.75 Å². The Morgan fingerprint density at radius 2 is 1.86 bits per heavy atom. The predicted octanol–water partition coefficient (Wildman–Crippen LogP) is 3.73. The molecule has 0 spiro atoms. The van der Waals surface area contributed by atoms with Crippen LogP contribution in [0, 0.1) is 11.8 Å². The second kappa shape index (κ2) is 12.5. The van der Waals surface area contributed by atoms with Crippen molar-refractivity contribution in [3.05, 3.63) is 29.8 Å². The molecule has 0 aliphatic rings. The molecule has 1 aromatic carbocycles. The SMILES string of the molecule is CCNC(=NCc1ccc(OCC(F)(F)F)cc1)NCC(CCO)CC(C)C. The van der Waals surface area contributed by atoms with Gasteiger partial charge in [0.2, 0.25) is 0 Å². The van der Waals surface area contributed by atoms with E-state index in [1.54, 1.807) is 12.1 Å². The number of ether oxygens (including phenoxy) is 1. The lowest BCUT2D eigenvalue weighted by Crippen LogP contribution is -2.40. The van der Waals surface area contributed by atoms with E-state index in [2.05, 4.69) is 29.5 Å². The van der Waals surface area contributed by atoms with E-state index in [4.69, 9.17) is 4.74 Å². The molecule has 8 heteroatoms. The first-order valence-electron chi connectivity index (χ1n) is 9.65. The summed E-state index contributed by atoms with van der Waals surface area (Å²) in [6.07, 6.45) is -2.59. The Morgan fingerprint density at radius 1 is 1.18 bits per heavy atom. The summed E-state index contributed by atoms with van der Waals surface area (Å²) in [5.74, 6) is 1.76. The number of benzene rings is 1. The zero-order valence-corrected chi connectivity index (χ0v) is 16.9. The van der Waals surface area contributed by atoms with Crippen LogP contribution in [0.1, 0.15) is 39.2 Å². The first-order chi connectivity index (χ1) is 13.2. The quantitative estimate of drug-likeness (QED) is 0.389. The van der Waals surface area contributed by atoms with E-state index in [0.717, 1.165) is 24.9 Å². The van der Waals surface area contributed by atoms with E-state index in [9.17, 15) is 18.3 Å². The van der Waals surface area contributed by atoms with Crippen LogP contribution in [-0.2, 0) is 6.54 Å². The summed E-state index contributed by atoms with van der Waals surface area (Å²) in [5, 5.41) is 15.7. The van der Waals surface area contributed by atoms with Crippen LogP contribution >= 0.6 is 0 Å². The molecule has 1 aromatic rings. The van der Waals surface area contributed by atoms with Gasteiger partial charge >= 0.3 is 6.18 Å². The van der Waals surface area contributed by atoms with E-state index in [1.165, 1.54) is 12.1 Å². The fraction of sp³-hybridized carbons (Fsp3) is 0.650. The highest BCUT2D eigenvalue weighted by atomic mass is 19.4. The van der Waals surface area contributed by atoms with E-state index in [-0.39, 0.29) is 12.4 Å². The highest BCUT2D eigenvalue weighted by molar-refractivity contribution is 5.79. The third kappa shape index (κ3) is 11.0. The molecule has 1 atom stereocenters. The molecule has 160 valence electrons. The summed E-state index contributed by atoms with van der Waals surface area (Å²) in [6.45, 7) is 6.98. The van der Waals surface area contributed by atoms with Gasteiger partial charge in [0.05, 0.1) is 6.54 Å². The molecule has 0 aromatic heterocycles. The largest absolute Gasteiger partial charge is 0.484 e. The maximum atomic E-state index is 12.2. The van der Waals surface area contributed by atoms with Crippen molar-refractivity contribution in [1.29, 1.82) is 0 Å². The third-order valence-electron chi connectivity index (χ3n) is 3.99. The molecule has 0 saturated carbocycles. The molecular formula is C20H32F3N3O2. The van der Waals surface area contributed by atoms with Crippen molar-refractivity contribution in [1.82, 2.24) is 10.6 Å². The summed E-state index contributed by atoms with van der Waals surface area (Å²) in [4.78, 5) is 4.52. The number of hydrogen-bond donors (Lipinski definition) is 3. The topological polar surface area (TPSA) is 65.9 Å². The molecule has 0 amide bonds. The highest BCUT2D eigenvalue weighted by Gasteiger charge is 2.28. The standard InChI is InChI=1S/C20H32F3N3O2/c1-4-24-19(26-13-17(9-10-27)11-15(2)3)25-12-16-5-7-18(8-6-16)28-14-20(21,22)23/h5-8,15,17,27H,4,9-14H2,1-3H3,(H2,24,25,26). The predicted molar refractivity (Wildman–Crippen MR) is 105 cm³/mol. The summed E-state index contributed by atoms with van der Waals surface area (Å²) < 4.78 is 41.2. The fourth-order valence-corrected chi connectivity index (χ4v) is 2.76. The lowest BCUT2D eigenvalue weighted by atomic mass is 9.94. The van der Waals surface area contributed by atoms with E-state index in [0.29, 0.717) is 30.9 Å². The van der Waals surface area contributed by atoms with Gasteiger partial charge in [-0.1, -0.05) is 26.0 Å². The second-order valence-electron chi connectivity index (χ2n) is 7.13. The Morgan fingerprint density at radius 3 is 2.39 bits per heavy atom. The first kappa shape index (κ1) is 24.1. The average Bonchev–Trinajstić information content (AvgIpc) is 2.62. The molecule has 0 saturated heterocycles. The van der Waals surface area contributed by atoms with E-state index < -0.39 is 12.8 Å². The lowest BCUT2D eigenvalue weighted by molar-refractivity contribution is -0.153. The highest BCUT2D eigenvalue weighted by Crippen LogP contribution is 2.19. The van der Waals surface area contributed by atoms with Crippen LogP contribution in [0.25, 0.3) is 0 Å². The van der Waals surface area contributed by atoms with Crippen molar-refractivity contribution in [2.24, 2.45) is 16.8 Å². The van der Waals surface area contributed by atoms with Crippen LogP contribution in [0.2, 0.25) is 0 Å². The summed E-state index contributed by atoms with van der Waals surface area (Å²) in [7, 11) is 0. The summed E-state index contributed by atoms with van der Waals surface area (Å²) in [6, 6.07) is 6.42. The summed E-state index contributed by atoms with van der Waals surface area (Å²) in [5.41, 5.74) is 0.866. The molecule has 0 aliphatic heterocycles. The molecule has 0 aliphatic carbocycles. The zero-order valence-electron chi connectivity index (χ0n) is 16.9. The van der Waals surface area contributed by atoms with Crippen LogP contribution in [0.15, 0.2) is 29.3 Å². The average molecular weight is 403 g/mol. The maximum Gasteiger partial charge on any atom is 0.422 e. The maximum absolute atomic E-state index is 12.2. The van der Waals surface area contributed by atoms with Gasteiger partial charge in [0.15, 0.2) is 12.6 Å². The monoisotopic (exact) mass is 403 g/mol. The minimum absolute atomic E-state index is 0.162. The number of hydrogen-bond acceptors (Lipinski definition) is 3. The Bertz CT molecular complexity index is 575. The van der Waals surface area contributed by atoms with Crippen molar-refractivity contribution >= 4 is 5.96 Å². The number of aliphatic hydroxyl groups is 1. The molecule has 5 nitrogen and oxygen atoms in total. The van der Waals surface area contributed by atoms with Crippen molar-refractivity contribution in [3.8, 4) is 5.75 Å². The normalized spacial score (nSPS) is 13.5. The van der Waals surface area contributed by atoms with Gasteiger partial charge in [-0.05, 0) is 49.3 Å². The van der Waals surface area contributed by atoms with Gasteiger partial charge in [-0.3, -0.25) is 0 Å². The van der Waals surface area contributed by atoms with Crippen LogP contribution in [-0.4, -0.2) is 43.5 Å². The molecule has 1 rings (SSSR count). The van der Waals surface area contributed by atoms with Crippen molar-refractivity contribution in [2.45, 2.75) is 46.3 Å².